The quantitative estimate of drug-likeness (QED) is 0.348. The topological polar surface area (TPSA) is 71.8 Å². The van der Waals surface area contributed by atoms with E-state index in [2.05, 4.69) is 14.9 Å². The van der Waals surface area contributed by atoms with Gasteiger partial charge in [0, 0.05) is 18.0 Å². The molecule has 1 aromatic heterocycles. The molecule has 1 rings (SSSR count). The molecule has 0 amide bonds. The van der Waals surface area contributed by atoms with Gasteiger partial charge >= 0.3 is 5.97 Å². The predicted octanol–water partition coefficient (Wildman–Crippen LogP) is 1.24. The number of halogens is 1. The van der Waals surface area contributed by atoms with Gasteiger partial charge in [0.25, 0.3) is 0 Å². The van der Waals surface area contributed by atoms with Gasteiger partial charge in [-0.3, -0.25) is 4.98 Å². The molecule has 0 bridgehead atoms. The Morgan fingerprint density at radius 2 is 2.21 bits per heavy atom. The normalized spacial score (nSPS) is 11.1. The highest BCUT2D eigenvalue weighted by Crippen LogP contribution is 2.07. The van der Waals surface area contributed by atoms with Crippen molar-refractivity contribution in [2.24, 2.45) is 5.16 Å². The van der Waals surface area contributed by atoms with Crippen molar-refractivity contribution < 1.29 is 14.7 Å². The van der Waals surface area contributed by atoms with E-state index >= 15 is 0 Å². The summed E-state index contributed by atoms with van der Waals surface area (Å²) in [5, 5.41) is 11.0. The van der Waals surface area contributed by atoms with Gasteiger partial charge < -0.3 is 9.94 Å². The number of carbonyl (C=O) groups excluding carboxylic acids is 1. The Labute approximate surface area is 85.0 Å². The number of rotatable bonds is 2. The number of pyridine rings is 1. The Hall–Kier alpha value is -1.62. The van der Waals surface area contributed by atoms with Crippen LogP contribution in [0, 0.1) is 0 Å². The van der Waals surface area contributed by atoms with Crippen molar-refractivity contribution in [1.82, 2.24) is 4.98 Å². The number of nitrogens with zero attached hydrogens (tertiary/aromatic N) is 2. The average molecular weight is 215 g/mol. The Morgan fingerprint density at radius 3 is 2.79 bits per heavy atom. The maximum Gasteiger partial charge on any atom is 0.339 e. The SMILES string of the molecule is COC(=O)c1cncc(/C(Cl)=N/O)c1. The number of aromatic nitrogens is 1. The van der Waals surface area contributed by atoms with Gasteiger partial charge in [-0.15, -0.1) is 0 Å². The molecule has 5 nitrogen and oxygen atoms in total. The van der Waals surface area contributed by atoms with Gasteiger partial charge in [0.05, 0.1) is 12.7 Å². The highest BCUT2D eigenvalue weighted by atomic mass is 35.5. The molecule has 0 spiro atoms. The molecule has 0 aromatic carbocycles. The van der Waals surface area contributed by atoms with Crippen molar-refractivity contribution in [2.75, 3.05) is 7.11 Å². The molecule has 0 aliphatic rings. The average Bonchev–Trinajstić information content (AvgIpc) is 2.27. The second-order valence-electron chi connectivity index (χ2n) is 2.34. The van der Waals surface area contributed by atoms with Crippen LogP contribution in [-0.2, 0) is 4.74 Å². The lowest BCUT2D eigenvalue weighted by molar-refractivity contribution is 0.0600. The summed E-state index contributed by atoms with van der Waals surface area (Å²) in [6.45, 7) is 0. The molecule has 0 atom stereocenters. The first-order chi connectivity index (χ1) is 6.69. The van der Waals surface area contributed by atoms with E-state index in [-0.39, 0.29) is 10.7 Å². The van der Waals surface area contributed by atoms with E-state index in [4.69, 9.17) is 16.8 Å². The smallest absolute Gasteiger partial charge is 0.339 e. The van der Waals surface area contributed by atoms with Crippen LogP contribution in [0.4, 0.5) is 0 Å². The second-order valence-corrected chi connectivity index (χ2v) is 2.70. The third kappa shape index (κ3) is 2.20. The summed E-state index contributed by atoms with van der Waals surface area (Å²) in [6, 6.07) is 1.42. The number of methoxy groups -OCH3 is 1. The number of carbonyl (C=O) groups is 1. The van der Waals surface area contributed by atoms with Gasteiger partial charge in [-0.05, 0) is 6.07 Å². The maximum absolute atomic E-state index is 11.1. The van der Waals surface area contributed by atoms with Crippen molar-refractivity contribution in [1.29, 1.82) is 0 Å². The second kappa shape index (κ2) is 4.57. The molecule has 1 N–H and O–H groups in total. The lowest BCUT2D eigenvalue weighted by atomic mass is 10.2. The van der Waals surface area contributed by atoms with Crippen molar-refractivity contribution >= 4 is 22.7 Å². The summed E-state index contributed by atoms with van der Waals surface area (Å²) in [5.74, 6) is -0.526. The third-order valence-electron chi connectivity index (χ3n) is 1.49. The monoisotopic (exact) mass is 214 g/mol. The van der Waals surface area contributed by atoms with Crippen LogP contribution < -0.4 is 0 Å². The third-order valence-corrected chi connectivity index (χ3v) is 1.78. The van der Waals surface area contributed by atoms with Crippen molar-refractivity contribution in [3.8, 4) is 0 Å². The van der Waals surface area contributed by atoms with E-state index in [0.717, 1.165) is 0 Å². The van der Waals surface area contributed by atoms with Gasteiger partial charge in [-0.25, -0.2) is 4.79 Å². The van der Waals surface area contributed by atoms with E-state index in [0.29, 0.717) is 5.56 Å². The van der Waals surface area contributed by atoms with Gasteiger partial charge in [-0.2, -0.15) is 0 Å². The van der Waals surface area contributed by atoms with E-state index in [1.54, 1.807) is 0 Å². The Balaban J connectivity index is 3.07. The minimum Gasteiger partial charge on any atom is -0.465 e. The van der Waals surface area contributed by atoms with Crippen molar-refractivity contribution in [3.05, 3.63) is 29.6 Å². The molecule has 0 aliphatic heterocycles. The van der Waals surface area contributed by atoms with Crippen LogP contribution in [0.5, 0.6) is 0 Å². The maximum atomic E-state index is 11.1. The van der Waals surface area contributed by atoms with E-state index in [1.165, 1.54) is 25.6 Å². The summed E-state index contributed by atoms with van der Waals surface area (Å²) in [5.41, 5.74) is 0.587. The Morgan fingerprint density at radius 1 is 1.57 bits per heavy atom. The minimum atomic E-state index is -0.526. The zero-order valence-corrected chi connectivity index (χ0v) is 8.02. The number of hydrogen-bond acceptors (Lipinski definition) is 5. The van der Waals surface area contributed by atoms with Crippen LogP contribution in [0.25, 0.3) is 0 Å². The molecule has 0 unspecified atom stereocenters. The Kier molecular flexibility index (Phi) is 3.41. The van der Waals surface area contributed by atoms with Crippen LogP contribution in [0.15, 0.2) is 23.6 Å². The fourth-order valence-corrected chi connectivity index (χ4v) is 0.943. The first-order valence-corrected chi connectivity index (χ1v) is 3.98. The highest BCUT2D eigenvalue weighted by Gasteiger charge is 2.08. The highest BCUT2D eigenvalue weighted by molar-refractivity contribution is 6.69. The van der Waals surface area contributed by atoms with Crippen molar-refractivity contribution in [2.45, 2.75) is 0 Å². The number of esters is 1. The molecule has 1 heterocycles. The van der Waals surface area contributed by atoms with Crippen LogP contribution in [0.2, 0.25) is 0 Å². The van der Waals surface area contributed by atoms with Crippen LogP contribution in [-0.4, -0.2) is 28.4 Å². The van der Waals surface area contributed by atoms with Gasteiger partial charge in [0.15, 0.2) is 5.17 Å². The molecule has 74 valence electrons. The lowest BCUT2D eigenvalue weighted by Crippen LogP contribution is -2.04. The zero-order chi connectivity index (χ0) is 10.6. The van der Waals surface area contributed by atoms with Crippen LogP contribution >= 0.6 is 11.6 Å². The fraction of sp³-hybridized carbons (Fsp3) is 0.125. The molecular weight excluding hydrogens is 208 g/mol. The summed E-state index contributed by atoms with van der Waals surface area (Å²) in [7, 11) is 1.26. The van der Waals surface area contributed by atoms with Gasteiger partial charge in [0.2, 0.25) is 0 Å². The number of oxime groups is 1. The molecule has 6 heteroatoms. The molecule has 1 aromatic rings. The van der Waals surface area contributed by atoms with E-state index in [1.807, 2.05) is 0 Å². The minimum absolute atomic E-state index is 0.136. The number of hydrogen-bond donors (Lipinski definition) is 1. The number of ether oxygens (including phenoxy) is 1. The molecule has 0 radical (unpaired) electrons. The fourth-order valence-electron chi connectivity index (χ4n) is 0.840. The molecule has 0 aliphatic carbocycles. The van der Waals surface area contributed by atoms with Gasteiger partial charge in [-0.1, -0.05) is 16.8 Å². The van der Waals surface area contributed by atoms with E-state index in [9.17, 15) is 4.79 Å². The molecular formula is C8H7ClN2O3. The molecule has 0 saturated heterocycles. The van der Waals surface area contributed by atoms with Crippen molar-refractivity contribution in [3.63, 3.8) is 0 Å². The summed E-state index contributed by atoms with van der Waals surface area (Å²) >= 11 is 5.52. The van der Waals surface area contributed by atoms with Crippen LogP contribution in [0.3, 0.4) is 0 Å². The lowest BCUT2D eigenvalue weighted by Gasteiger charge is -2.00. The first kappa shape index (κ1) is 10.5. The standard InChI is InChI=1S/C8H7ClN2O3/c1-14-8(12)6-2-5(3-10-4-6)7(9)11-13/h2-4,13H,1H3/b11-7-. The first-order valence-electron chi connectivity index (χ1n) is 3.60. The zero-order valence-electron chi connectivity index (χ0n) is 7.27. The largest absolute Gasteiger partial charge is 0.465 e. The summed E-state index contributed by atoms with van der Waals surface area (Å²) in [6.07, 6.45) is 2.70. The summed E-state index contributed by atoms with van der Waals surface area (Å²) in [4.78, 5) is 14.8. The van der Waals surface area contributed by atoms with E-state index < -0.39 is 5.97 Å². The Bertz CT molecular complexity index is 379. The summed E-state index contributed by atoms with van der Waals surface area (Å²) < 4.78 is 4.48. The molecule has 14 heavy (non-hydrogen) atoms. The predicted molar refractivity (Wildman–Crippen MR) is 49.8 cm³/mol. The van der Waals surface area contributed by atoms with Gasteiger partial charge in [0.1, 0.15) is 0 Å². The molecule has 0 fully saturated rings. The molecule has 0 saturated carbocycles. The van der Waals surface area contributed by atoms with Crippen LogP contribution in [0.1, 0.15) is 15.9 Å².